The minimum absolute atomic E-state index is 0.234. The van der Waals surface area contributed by atoms with Gasteiger partial charge >= 0.3 is 6.18 Å². The van der Waals surface area contributed by atoms with Gasteiger partial charge in [-0.1, -0.05) is 13.8 Å². The lowest BCUT2D eigenvalue weighted by Crippen LogP contribution is -2.20. The van der Waals surface area contributed by atoms with Crippen molar-refractivity contribution in [2.45, 2.75) is 26.6 Å². The summed E-state index contributed by atoms with van der Waals surface area (Å²) in [5.74, 6) is 0.423. The van der Waals surface area contributed by atoms with Crippen LogP contribution >= 0.6 is 11.3 Å². The smallest absolute Gasteiger partial charge is 0.312 e. The Morgan fingerprint density at radius 3 is 2.67 bits per heavy atom. The van der Waals surface area contributed by atoms with Gasteiger partial charge in [-0.05, 0) is 12.5 Å². The minimum atomic E-state index is -4.34. The molecule has 1 aromatic heterocycles. The number of halogens is 3. The van der Waals surface area contributed by atoms with Crippen LogP contribution in [-0.4, -0.2) is 11.5 Å². The molecule has 86 valence electrons. The predicted molar refractivity (Wildman–Crippen MR) is 53.7 cm³/mol. The lowest BCUT2D eigenvalue weighted by atomic mass is 10.2. The molecule has 0 aliphatic heterocycles. The summed E-state index contributed by atoms with van der Waals surface area (Å²) in [4.78, 5) is 3.59. The Morgan fingerprint density at radius 2 is 2.13 bits per heavy atom. The lowest BCUT2D eigenvalue weighted by molar-refractivity contribution is -0.141. The van der Waals surface area contributed by atoms with Crippen molar-refractivity contribution in [1.82, 2.24) is 10.3 Å². The molecule has 1 aromatic rings. The van der Waals surface area contributed by atoms with Crippen LogP contribution in [0.15, 0.2) is 5.51 Å². The normalized spacial score (nSPS) is 12.4. The van der Waals surface area contributed by atoms with Crippen LogP contribution in [0.2, 0.25) is 0 Å². The first-order valence-corrected chi connectivity index (χ1v) is 5.49. The van der Waals surface area contributed by atoms with E-state index >= 15 is 0 Å². The highest BCUT2D eigenvalue weighted by atomic mass is 32.1. The van der Waals surface area contributed by atoms with Crippen LogP contribution in [0.5, 0.6) is 0 Å². The average molecular weight is 238 g/mol. The highest BCUT2D eigenvalue weighted by molar-refractivity contribution is 7.09. The summed E-state index contributed by atoms with van der Waals surface area (Å²) in [6.07, 6.45) is -4.34. The standard InChI is InChI=1S/C9H13F3N2S/c1-6(2)3-13-4-7-8(9(10,11)12)14-5-15-7/h5-6,13H,3-4H2,1-2H3. The molecule has 2 nitrogen and oxygen atoms in total. The van der Waals surface area contributed by atoms with Gasteiger partial charge in [0, 0.05) is 6.54 Å². The van der Waals surface area contributed by atoms with Crippen LogP contribution in [0, 0.1) is 5.92 Å². The topological polar surface area (TPSA) is 24.9 Å². The Hall–Kier alpha value is -0.620. The first-order chi connectivity index (χ1) is 6.91. The molecule has 0 saturated heterocycles. The highest BCUT2D eigenvalue weighted by Crippen LogP contribution is 2.32. The van der Waals surface area contributed by atoms with Gasteiger partial charge in [-0.25, -0.2) is 4.98 Å². The molecule has 1 heterocycles. The molecule has 0 aliphatic rings. The van der Waals surface area contributed by atoms with Crippen molar-refractivity contribution in [3.05, 3.63) is 16.1 Å². The minimum Gasteiger partial charge on any atom is -0.312 e. The van der Waals surface area contributed by atoms with Gasteiger partial charge in [0.1, 0.15) is 0 Å². The summed E-state index contributed by atoms with van der Waals surface area (Å²) >= 11 is 1.03. The van der Waals surface area contributed by atoms with E-state index in [-0.39, 0.29) is 11.4 Å². The number of rotatable bonds is 4. The maximum absolute atomic E-state index is 12.4. The predicted octanol–water partition coefficient (Wildman–Crippen LogP) is 2.91. The zero-order chi connectivity index (χ0) is 11.5. The van der Waals surface area contributed by atoms with Crippen molar-refractivity contribution in [1.29, 1.82) is 0 Å². The fourth-order valence-corrected chi connectivity index (χ4v) is 1.85. The van der Waals surface area contributed by atoms with Crippen LogP contribution in [0.3, 0.4) is 0 Å². The summed E-state index contributed by atoms with van der Waals surface area (Å²) in [6, 6.07) is 0. The summed E-state index contributed by atoms with van der Waals surface area (Å²) in [6.45, 7) is 4.95. The summed E-state index contributed by atoms with van der Waals surface area (Å²) in [7, 11) is 0. The molecule has 0 unspecified atom stereocenters. The zero-order valence-electron chi connectivity index (χ0n) is 8.56. The molecule has 0 bridgehead atoms. The van der Waals surface area contributed by atoms with Crippen molar-refractivity contribution in [2.75, 3.05) is 6.54 Å². The quantitative estimate of drug-likeness (QED) is 0.872. The summed E-state index contributed by atoms with van der Waals surface area (Å²) in [5.41, 5.74) is 0.471. The van der Waals surface area contributed by atoms with E-state index in [1.165, 1.54) is 5.51 Å². The number of nitrogens with zero attached hydrogens (tertiary/aromatic N) is 1. The third kappa shape index (κ3) is 3.79. The number of alkyl halides is 3. The fourth-order valence-electron chi connectivity index (χ4n) is 1.10. The summed E-state index contributed by atoms with van der Waals surface area (Å²) < 4.78 is 37.2. The molecule has 0 saturated carbocycles. The molecule has 1 rings (SSSR count). The Labute approximate surface area is 90.5 Å². The SMILES string of the molecule is CC(C)CNCc1scnc1C(F)(F)F. The van der Waals surface area contributed by atoms with Crippen LogP contribution in [-0.2, 0) is 12.7 Å². The van der Waals surface area contributed by atoms with Crippen molar-refractivity contribution >= 4 is 11.3 Å². The average Bonchev–Trinajstić information content (AvgIpc) is 2.50. The Morgan fingerprint density at radius 1 is 1.47 bits per heavy atom. The summed E-state index contributed by atoms with van der Waals surface area (Å²) in [5, 5.41) is 2.97. The largest absolute Gasteiger partial charge is 0.434 e. The maximum atomic E-state index is 12.4. The van der Waals surface area contributed by atoms with E-state index < -0.39 is 11.9 Å². The van der Waals surface area contributed by atoms with Gasteiger partial charge in [-0.15, -0.1) is 11.3 Å². The van der Waals surface area contributed by atoms with E-state index in [0.29, 0.717) is 12.5 Å². The second-order valence-corrected chi connectivity index (χ2v) is 4.59. The van der Waals surface area contributed by atoms with Crippen LogP contribution in [0.4, 0.5) is 13.2 Å². The molecule has 0 aliphatic carbocycles. The first-order valence-electron chi connectivity index (χ1n) is 4.61. The van der Waals surface area contributed by atoms with Crippen molar-refractivity contribution in [3.8, 4) is 0 Å². The monoisotopic (exact) mass is 238 g/mol. The van der Waals surface area contributed by atoms with Gasteiger partial charge in [0.2, 0.25) is 0 Å². The Kier molecular flexibility index (Phi) is 4.10. The van der Waals surface area contributed by atoms with Crippen LogP contribution in [0.1, 0.15) is 24.4 Å². The van der Waals surface area contributed by atoms with E-state index in [2.05, 4.69) is 10.3 Å². The van der Waals surface area contributed by atoms with E-state index in [9.17, 15) is 13.2 Å². The van der Waals surface area contributed by atoms with Crippen molar-refractivity contribution < 1.29 is 13.2 Å². The molecule has 0 atom stereocenters. The Balaban J connectivity index is 2.58. The molecule has 0 amide bonds. The maximum Gasteiger partial charge on any atom is 0.434 e. The number of hydrogen-bond acceptors (Lipinski definition) is 3. The molecule has 0 aromatic carbocycles. The number of hydrogen-bond donors (Lipinski definition) is 1. The van der Waals surface area contributed by atoms with Crippen molar-refractivity contribution in [3.63, 3.8) is 0 Å². The second-order valence-electron chi connectivity index (χ2n) is 3.65. The lowest BCUT2D eigenvalue weighted by Gasteiger charge is -2.08. The van der Waals surface area contributed by atoms with E-state index in [0.717, 1.165) is 11.3 Å². The molecule has 0 spiro atoms. The zero-order valence-corrected chi connectivity index (χ0v) is 9.37. The molecular weight excluding hydrogens is 225 g/mol. The van der Waals surface area contributed by atoms with Gasteiger partial charge in [-0.2, -0.15) is 13.2 Å². The third-order valence-corrected chi connectivity index (χ3v) is 2.58. The molecule has 15 heavy (non-hydrogen) atoms. The molecule has 0 fully saturated rings. The van der Waals surface area contributed by atoms with Gasteiger partial charge in [0.15, 0.2) is 5.69 Å². The van der Waals surface area contributed by atoms with E-state index in [4.69, 9.17) is 0 Å². The van der Waals surface area contributed by atoms with E-state index in [1.54, 1.807) is 0 Å². The van der Waals surface area contributed by atoms with Gasteiger partial charge in [0.05, 0.1) is 10.4 Å². The van der Waals surface area contributed by atoms with Crippen LogP contribution in [0.25, 0.3) is 0 Å². The Bertz CT molecular complexity index is 307. The molecule has 6 heteroatoms. The number of aromatic nitrogens is 1. The fraction of sp³-hybridized carbons (Fsp3) is 0.667. The van der Waals surface area contributed by atoms with Gasteiger partial charge < -0.3 is 5.32 Å². The van der Waals surface area contributed by atoms with Crippen LogP contribution < -0.4 is 5.32 Å². The van der Waals surface area contributed by atoms with Gasteiger partial charge in [0.25, 0.3) is 0 Å². The third-order valence-electron chi connectivity index (χ3n) is 1.75. The second kappa shape index (κ2) is 4.94. The molecular formula is C9H13F3N2S. The highest BCUT2D eigenvalue weighted by Gasteiger charge is 2.35. The molecule has 0 radical (unpaired) electrons. The molecule has 1 N–H and O–H groups in total. The number of nitrogens with one attached hydrogen (secondary N) is 1. The number of thiazole rings is 1. The first kappa shape index (κ1) is 12.4. The van der Waals surface area contributed by atoms with Crippen molar-refractivity contribution in [2.24, 2.45) is 5.92 Å². The van der Waals surface area contributed by atoms with E-state index in [1.807, 2.05) is 13.8 Å². The van der Waals surface area contributed by atoms with Gasteiger partial charge in [-0.3, -0.25) is 0 Å².